The first-order valence-electron chi connectivity index (χ1n) is 6.16. The van der Waals surface area contributed by atoms with E-state index in [4.69, 9.17) is 5.26 Å². The molecule has 3 nitrogen and oxygen atoms in total. The molecule has 17 heavy (non-hydrogen) atoms. The highest BCUT2D eigenvalue weighted by molar-refractivity contribution is 5.19. The van der Waals surface area contributed by atoms with Gasteiger partial charge >= 0.3 is 0 Å². The van der Waals surface area contributed by atoms with Gasteiger partial charge in [0.15, 0.2) is 0 Å². The summed E-state index contributed by atoms with van der Waals surface area (Å²) in [5, 5.41) is 21.9. The van der Waals surface area contributed by atoms with Gasteiger partial charge in [-0.3, -0.25) is 0 Å². The van der Waals surface area contributed by atoms with E-state index >= 15 is 0 Å². The molecule has 3 atom stereocenters. The lowest BCUT2D eigenvalue weighted by Gasteiger charge is -2.23. The Hall–Kier alpha value is -1.37. The van der Waals surface area contributed by atoms with E-state index in [1.54, 1.807) is 0 Å². The van der Waals surface area contributed by atoms with Crippen molar-refractivity contribution in [2.75, 3.05) is 6.61 Å². The first-order chi connectivity index (χ1) is 8.35. The molecule has 1 aliphatic rings. The van der Waals surface area contributed by atoms with Crippen LogP contribution in [-0.4, -0.2) is 17.8 Å². The first kappa shape index (κ1) is 12.1. The summed E-state index contributed by atoms with van der Waals surface area (Å²) in [7, 11) is 0. The summed E-state index contributed by atoms with van der Waals surface area (Å²) in [5.74, 6) is 0.0905. The van der Waals surface area contributed by atoms with E-state index in [-0.39, 0.29) is 24.6 Å². The van der Waals surface area contributed by atoms with Crippen LogP contribution in [0.4, 0.5) is 0 Å². The van der Waals surface area contributed by atoms with E-state index in [9.17, 15) is 5.11 Å². The number of aliphatic hydroxyl groups is 1. The average molecular weight is 230 g/mol. The Morgan fingerprint density at radius 3 is 2.76 bits per heavy atom. The number of nitriles is 1. The lowest BCUT2D eigenvalue weighted by atomic mass is 10.0. The molecule has 0 amide bonds. The number of nitrogens with one attached hydrogen (secondary N) is 1. The summed E-state index contributed by atoms with van der Waals surface area (Å²) in [5.41, 5.74) is 1.08. The van der Waals surface area contributed by atoms with Crippen molar-refractivity contribution in [3.8, 4) is 6.07 Å². The van der Waals surface area contributed by atoms with Gasteiger partial charge in [0, 0.05) is 6.04 Å². The minimum Gasteiger partial charge on any atom is -0.394 e. The molecule has 1 aliphatic carbocycles. The van der Waals surface area contributed by atoms with Crippen LogP contribution < -0.4 is 5.32 Å². The maximum Gasteiger partial charge on any atom is 0.0672 e. The Kier molecular flexibility index (Phi) is 4.13. The maximum absolute atomic E-state index is 9.45. The van der Waals surface area contributed by atoms with Crippen LogP contribution >= 0.6 is 0 Å². The van der Waals surface area contributed by atoms with Crippen LogP contribution in [0, 0.1) is 17.2 Å². The van der Waals surface area contributed by atoms with Gasteiger partial charge < -0.3 is 10.4 Å². The second kappa shape index (κ2) is 5.81. The summed E-state index contributed by atoms with van der Waals surface area (Å²) in [6.45, 7) is 0.0681. The Bertz CT molecular complexity index is 385. The van der Waals surface area contributed by atoms with Crippen molar-refractivity contribution in [3.05, 3.63) is 35.9 Å². The second-order valence-corrected chi connectivity index (χ2v) is 4.59. The smallest absolute Gasteiger partial charge is 0.0672 e. The van der Waals surface area contributed by atoms with E-state index in [1.165, 1.54) is 0 Å². The van der Waals surface area contributed by atoms with Crippen molar-refractivity contribution in [2.45, 2.75) is 31.3 Å². The molecule has 0 spiro atoms. The minimum atomic E-state index is -0.0600. The maximum atomic E-state index is 9.45. The van der Waals surface area contributed by atoms with Crippen molar-refractivity contribution in [1.29, 1.82) is 5.26 Å². The van der Waals surface area contributed by atoms with Gasteiger partial charge in [-0.05, 0) is 18.4 Å². The fraction of sp³-hybridized carbons (Fsp3) is 0.500. The van der Waals surface area contributed by atoms with Gasteiger partial charge in [0.1, 0.15) is 0 Å². The number of aliphatic hydroxyl groups excluding tert-OH is 1. The molecule has 0 aromatic heterocycles. The Balaban J connectivity index is 2.03. The van der Waals surface area contributed by atoms with Gasteiger partial charge in [0.25, 0.3) is 0 Å². The number of hydrogen-bond donors (Lipinski definition) is 2. The third-order valence-electron chi connectivity index (χ3n) is 3.48. The van der Waals surface area contributed by atoms with Gasteiger partial charge in [-0.15, -0.1) is 0 Å². The minimum absolute atomic E-state index is 0.0600. The summed E-state index contributed by atoms with van der Waals surface area (Å²) in [6, 6.07) is 12.4. The summed E-state index contributed by atoms with van der Waals surface area (Å²) < 4.78 is 0. The molecule has 3 unspecified atom stereocenters. The Morgan fingerprint density at radius 1 is 1.35 bits per heavy atom. The van der Waals surface area contributed by atoms with Crippen molar-refractivity contribution in [1.82, 2.24) is 5.32 Å². The molecule has 0 radical (unpaired) electrons. The lowest BCUT2D eigenvalue weighted by molar-refractivity contribution is 0.228. The van der Waals surface area contributed by atoms with Gasteiger partial charge in [0.2, 0.25) is 0 Å². The van der Waals surface area contributed by atoms with Crippen LogP contribution in [0.25, 0.3) is 0 Å². The highest BCUT2D eigenvalue weighted by Gasteiger charge is 2.28. The number of nitrogens with zero attached hydrogens (tertiary/aromatic N) is 1. The molecule has 0 bridgehead atoms. The molecule has 0 heterocycles. The fourth-order valence-corrected chi connectivity index (χ4v) is 2.51. The zero-order chi connectivity index (χ0) is 12.1. The fourth-order valence-electron chi connectivity index (χ4n) is 2.51. The van der Waals surface area contributed by atoms with Crippen LogP contribution in [0.5, 0.6) is 0 Å². The summed E-state index contributed by atoms with van der Waals surface area (Å²) in [4.78, 5) is 0. The monoisotopic (exact) mass is 230 g/mol. The highest BCUT2D eigenvalue weighted by Crippen LogP contribution is 2.27. The molecule has 0 saturated heterocycles. The van der Waals surface area contributed by atoms with Gasteiger partial charge in [-0.25, -0.2) is 0 Å². The van der Waals surface area contributed by atoms with Crippen molar-refractivity contribution >= 4 is 0 Å². The van der Waals surface area contributed by atoms with Crippen LogP contribution in [0.1, 0.15) is 30.9 Å². The topological polar surface area (TPSA) is 56.0 Å². The van der Waals surface area contributed by atoms with Crippen LogP contribution in [0.15, 0.2) is 30.3 Å². The van der Waals surface area contributed by atoms with Crippen molar-refractivity contribution in [3.63, 3.8) is 0 Å². The molecular weight excluding hydrogens is 212 g/mol. The predicted molar refractivity (Wildman–Crippen MR) is 66.1 cm³/mol. The number of rotatable bonds is 4. The molecule has 3 heteroatoms. The van der Waals surface area contributed by atoms with Crippen molar-refractivity contribution < 1.29 is 5.11 Å². The van der Waals surface area contributed by atoms with Gasteiger partial charge in [0.05, 0.1) is 24.6 Å². The third-order valence-corrected chi connectivity index (χ3v) is 3.48. The van der Waals surface area contributed by atoms with E-state index in [0.29, 0.717) is 0 Å². The molecule has 0 aliphatic heterocycles. The molecule has 1 aromatic rings. The number of benzene rings is 1. The SMILES string of the molecule is N#CC1CCCC1NC(CO)c1ccccc1. The molecule has 90 valence electrons. The zero-order valence-electron chi connectivity index (χ0n) is 9.84. The standard InChI is InChI=1S/C14H18N2O/c15-9-12-7-4-8-13(12)16-14(10-17)11-5-2-1-3-6-11/h1-3,5-6,12-14,16-17H,4,7-8,10H2. The van der Waals surface area contributed by atoms with E-state index in [1.807, 2.05) is 30.3 Å². The van der Waals surface area contributed by atoms with Crippen LogP contribution in [-0.2, 0) is 0 Å². The largest absolute Gasteiger partial charge is 0.394 e. The zero-order valence-corrected chi connectivity index (χ0v) is 9.84. The summed E-state index contributed by atoms with van der Waals surface area (Å²) in [6.07, 6.45) is 3.10. The molecular formula is C14H18N2O. The second-order valence-electron chi connectivity index (χ2n) is 4.59. The van der Waals surface area contributed by atoms with E-state index in [2.05, 4.69) is 11.4 Å². The van der Waals surface area contributed by atoms with Crippen molar-refractivity contribution in [2.24, 2.45) is 5.92 Å². The number of hydrogen-bond acceptors (Lipinski definition) is 3. The van der Waals surface area contributed by atoms with Crippen LogP contribution in [0.3, 0.4) is 0 Å². The van der Waals surface area contributed by atoms with Gasteiger partial charge in [-0.1, -0.05) is 36.8 Å². The Morgan fingerprint density at radius 2 is 2.12 bits per heavy atom. The third kappa shape index (κ3) is 2.85. The molecule has 1 saturated carbocycles. The molecule has 2 rings (SSSR count). The highest BCUT2D eigenvalue weighted by atomic mass is 16.3. The Labute approximate surface area is 102 Å². The van der Waals surface area contributed by atoms with Crippen LogP contribution in [0.2, 0.25) is 0 Å². The van der Waals surface area contributed by atoms with E-state index < -0.39 is 0 Å². The quantitative estimate of drug-likeness (QED) is 0.831. The van der Waals surface area contributed by atoms with E-state index in [0.717, 1.165) is 24.8 Å². The predicted octanol–water partition coefficient (Wildman–Crippen LogP) is 2.00. The molecule has 2 N–H and O–H groups in total. The first-order valence-corrected chi connectivity index (χ1v) is 6.16. The normalized spacial score (nSPS) is 25.4. The average Bonchev–Trinajstić information content (AvgIpc) is 2.84. The molecule has 1 fully saturated rings. The molecule has 1 aromatic carbocycles. The summed E-state index contributed by atoms with van der Waals surface area (Å²) >= 11 is 0. The van der Waals surface area contributed by atoms with Gasteiger partial charge in [-0.2, -0.15) is 5.26 Å². The lowest BCUT2D eigenvalue weighted by Crippen LogP contribution is -2.36.